The van der Waals surface area contributed by atoms with Crippen molar-refractivity contribution in [2.24, 2.45) is 0 Å². The summed E-state index contributed by atoms with van der Waals surface area (Å²) in [7, 11) is 0. The van der Waals surface area contributed by atoms with Gasteiger partial charge in [0.25, 0.3) is 0 Å². The summed E-state index contributed by atoms with van der Waals surface area (Å²) < 4.78 is 0. The Labute approximate surface area is 264 Å². The summed E-state index contributed by atoms with van der Waals surface area (Å²) in [5.74, 6) is 0. The van der Waals surface area contributed by atoms with Gasteiger partial charge in [0, 0.05) is 16.9 Å². The third-order valence-corrected chi connectivity index (χ3v) is 9.65. The largest absolute Gasteiger partial charge is 0.310 e. The average molecular weight is 574 g/mol. The molecule has 212 valence electrons. The maximum Gasteiger partial charge on any atom is 0.0542 e. The predicted molar refractivity (Wildman–Crippen MR) is 190 cm³/mol. The van der Waals surface area contributed by atoms with Gasteiger partial charge in [0.1, 0.15) is 0 Å². The molecule has 0 saturated heterocycles. The monoisotopic (exact) mass is 573 g/mol. The fourth-order valence-corrected chi connectivity index (χ4v) is 7.68. The number of nitrogens with zero attached hydrogens (tertiary/aromatic N) is 1. The van der Waals surface area contributed by atoms with Crippen LogP contribution in [0.3, 0.4) is 0 Å². The van der Waals surface area contributed by atoms with Crippen LogP contribution in [-0.4, -0.2) is 0 Å². The normalized spacial score (nSPS) is 11.8. The lowest BCUT2D eigenvalue weighted by molar-refractivity contribution is 1.27. The van der Waals surface area contributed by atoms with E-state index >= 15 is 0 Å². The van der Waals surface area contributed by atoms with Crippen molar-refractivity contribution in [2.45, 2.75) is 13.8 Å². The lowest BCUT2D eigenvalue weighted by Gasteiger charge is -2.30. The first-order chi connectivity index (χ1) is 22.2. The van der Waals surface area contributed by atoms with Gasteiger partial charge < -0.3 is 4.90 Å². The van der Waals surface area contributed by atoms with Gasteiger partial charge in [-0.3, -0.25) is 0 Å². The zero-order valence-electron chi connectivity index (χ0n) is 25.4. The molecule has 2 aliphatic carbocycles. The van der Waals surface area contributed by atoms with Crippen molar-refractivity contribution in [3.63, 3.8) is 0 Å². The van der Waals surface area contributed by atoms with E-state index < -0.39 is 0 Å². The fraction of sp³-hybridized carbons (Fsp3) is 0.0455. The molecule has 0 amide bonds. The number of hydrogen-bond acceptors (Lipinski definition) is 1. The average Bonchev–Trinajstić information content (AvgIpc) is 3.19. The fourth-order valence-electron chi connectivity index (χ4n) is 7.68. The summed E-state index contributed by atoms with van der Waals surface area (Å²) in [6.07, 6.45) is 0. The van der Waals surface area contributed by atoms with Gasteiger partial charge in [-0.15, -0.1) is 0 Å². The molecule has 0 heterocycles. The Morgan fingerprint density at radius 1 is 0.311 bits per heavy atom. The van der Waals surface area contributed by atoms with Crippen molar-refractivity contribution in [3.05, 3.63) is 163 Å². The lowest BCUT2D eigenvalue weighted by Crippen LogP contribution is -2.12. The Morgan fingerprint density at radius 2 is 0.822 bits per heavy atom. The Hall–Kier alpha value is -5.66. The van der Waals surface area contributed by atoms with Gasteiger partial charge in [-0.2, -0.15) is 0 Å². The van der Waals surface area contributed by atoms with Crippen molar-refractivity contribution in [1.29, 1.82) is 0 Å². The second kappa shape index (κ2) is 9.94. The Balaban J connectivity index is 1.35. The summed E-state index contributed by atoms with van der Waals surface area (Å²) in [5.41, 5.74) is 21.6. The minimum atomic E-state index is 1.14. The van der Waals surface area contributed by atoms with Crippen LogP contribution in [0.4, 0.5) is 17.1 Å². The van der Waals surface area contributed by atoms with Gasteiger partial charge in [0.05, 0.1) is 5.69 Å². The standard InChI is InChI=1S/C44H31N/c1-28-13-6-7-17-32(28)42-29(2)14-10-24-41(42)45(30-15-4-3-5-16-30)31-25-26-39-40(27-31)38-23-12-22-36-37-21-11-20-35(44(37)39)33-18-8-9-19-34(33)43(36)38/h3-27H,1-2H3. The molecule has 0 spiro atoms. The van der Waals surface area contributed by atoms with Gasteiger partial charge in [-0.1, -0.05) is 121 Å². The molecule has 0 N–H and O–H groups in total. The third-order valence-electron chi connectivity index (χ3n) is 9.65. The molecule has 0 radical (unpaired) electrons. The first kappa shape index (κ1) is 25.8. The zero-order chi connectivity index (χ0) is 30.1. The summed E-state index contributed by atoms with van der Waals surface area (Å²) in [6, 6.07) is 55.9. The predicted octanol–water partition coefficient (Wildman–Crippen LogP) is 12.4. The van der Waals surface area contributed by atoms with Crippen LogP contribution >= 0.6 is 0 Å². The van der Waals surface area contributed by atoms with Crippen molar-refractivity contribution in [3.8, 4) is 66.8 Å². The quantitative estimate of drug-likeness (QED) is 0.202. The van der Waals surface area contributed by atoms with Gasteiger partial charge >= 0.3 is 0 Å². The first-order valence-corrected chi connectivity index (χ1v) is 15.7. The molecule has 2 aliphatic rings. The van der Waals surface area contributed by atoms with E-state index in [9.17, 15) is 0 Å². The smallest absolute Gasteiger partial charge is 0.0542 e. The minimum absolute atomic E-state index is 1.14. The van der Waals surface area contributed by atoms with E-state index in [1.54, 1.807) is 0 Å². The Morgan fingerprint density at radius 3 is 1.53 bits per heavy atom. The number of fused-ring (bicyclic) bond motifs is 4. The minimum Gasteiger partial charge on any atom is -0.310 e. The molecule has 0 aliphatic heterocycles. The van der Waals surface area contributed by atoms with E-state index in [1.165, 1.54) is 83.6 Å². The van der Waals surface area contributed by atoms with Crippen LogP contribution in [0.5, 0.6) is 0 Å². The van der Waals surface area contributed by atoms with E-state index in [4.69, 9.17) is 0 Å². The molecule has 0 fully saturated rings. The first-order valence-electron chi connectivity index (χ1n) is 15.7. The number of aryl methyl sites for hydroxylation is 2. The molecule has 1 heteroatoms. The molecule has 0 unspecified atom stereocenters. The SMILES string of the molecule is Cc1ccccc1-c1c(C)cccc1N(c1ccccc1)c1ccc2c(c1)-c1cccc3c1-c1ccccc1-c1cccc-3c1-2. The highest BCUT2D eigenvalue weighted by atomic mass is 15.1. The Bertz CT molecular complexity index is 2260. The van der Waals surface area contributed by atoms with E-state index in [1.807, 2.05) is 0 Å². The van der Waals surface area contributed by atoms with Crippen LogP contribution < -0.4 is 4.90 Å². The summed E-state index contributed by atoms with van der Waals surface area (Å²) >= 11 is 0. The highest BCUT2D eigenvalue weighted by Crippen LogP contribution is 2.57. The van der Waals surface area contributed by atoms with E-state index in [0.717, 1.165) is 11.4 Å². The highest BCUT2D eigenvalue weighted by molar-refractivity contribution is 6.15. The van der Waals surface area contributed by atoms with Crippen LogP contribution in [-0.2, 0) is 0 Å². The van der Waals surface area contributed by atoms with E-state index in [0.29, 0.717) is 0 Å². The maximum atomic E-state index is 2.44. The zero-order valence-corrected chi connectivity index (χ0v) is 25.4. The number of rotatable bonds is 4. The molecule has 7 aromatic carbocycles. The summed E-state index contributed by atoms with van der Waals surface area (Å²) in [5, 5.41) is 0. The van der Waals surface area contributed by atoms with Gasteiger partial charge in [0.2, 0.25) is 0 Å². The van der Waals surface area contributed by atoms with Crippen molar-refractivity contribution < 1.29 is 0 Å². The molecule has 45 heavy (non-hydrogen) atoms. The molecule has 9 rings (SSSR count). The van der Waals surface area contributed by atoms with Crippen LogP contribution in [0.25, 0.3) is 66.8 Å². The van der Waals surface area contributed by atoms with Gasteiger partial charge in [-0.25, -0.2) is 0 Å². The van der Waals surface area contributed by atoms with E-state index in [-0.39, 0.29) is 0 Å². The maximum absolute atomic E-state index is 2.44. The Kier molecular flexibility index (Phi) is 5.70. The van der Waals surface area contributed by atoms with Crippen LogP contribution in [0.1, 0.15) is 11.1 Å². The molecule has 6 bridgehead atoms. The number of benzene rings is 7. The molecular formula is C44H31N. The van der Waals surface area contributed by atoms with Crippen LogP contribution in [0.15, 0.2) is 152 Å². The van der Waals surface area contributed by atoms with Crippen molar-refractivity contribution >= 4 is 17.1 Å². The van der Waals surface area contributed by atoms with E-state index in [2.05, 4.69) is 170 Å². The second-order valence-electron chi connectivity index (χ2n) is 12.2. The third kappa shape index (κ3) is 3.81. The van der Waals surface area contributed by atoms with Crippen LogP contribution in [0.2, 0.25) is 0 Å². The molecule has 7 aromatic rings. The molecular weight excluding hydrogens is 542 g/mol. The number of hydrogen-bond donors (Lipinski definition) is 0. The molecule has 1 nitrogen and oxygen atoms in total. The number of para-hydroxylation sites is 1. The van der Waals surface area contributed by atoms with Gasteiger partial charge in [0.15, 0.2) is 0 Å². The van der Waals surface area contributed by atoms with Crippen LogP contribution in [0, 0.1) is 13.8 Å². The molecule has 0 saturated carbocycles. The second-order valence-corrected chi connectivity index (χ2v) is 12.2. The summed E-state index contributed by atoms with van der Waals surface area (Å²) in [4.78, 5) is 2.44. The molecule has 0 aromatic heterocycles. The summed E-state index contributed by atoms with van der Waals surface area (Å²) in [6.45, 7) is 4.44. The highest BCUT2D eigenvalue weighted by Gasteiger charge is 2.31. The topological polar surface area (TPSA) is 3.24 Å². The lowest BCUT2D eigenvalue weighted by atomic mass is 9.83. The molecule has 0 atom stereocenters. The van der Waals surface area contributed by atoms with Crippen molar-refractivity contribution in [1.82, 2.24) is 0 Å². The van der Waals surface area contributed by atoms with Crippen molar-refractivity contribution in [2.75, 3.05) is 4.90 Å². The van der Waals surface area contributed by atoms with Gasteiger partial charge in [-0.05, 0) is 117 Å². The number of anilines is 3.